The zero-order chi connectivity index (χ0) is 17.7. The van der Waals surface area contributed by atoms with Crippen LogP contribution in [0.3, 0.4) is 0 Å². The summed E-state index contributed by atoms with van der Waals surface area (Å²) in [6, 6.07) is 0. The topological polar surface area (TPSA) is 67.6 Å². The summed E-state index contributed by atoms with van der Waals surface area (Å²) in [6.07, 6.45) is 6.71. The Hall–Kier alpha value is -1.89. The Morgan fingerprint density at radius 2 is 2.24 bits per heavy atom. The highest BCUT2D eigenvalue weighted by molar-refractivity contribution is 5.80. The van der Waals surface area contributed by atoms with E-state index in [-0.39, 0.29) is 5.41 Å². The largest absolute Gasteiger partial charge is 0.381 e. The van der Waals surface area contributed by atoms with Crippen molar-refractivity contribution >= 4 is 5.96 Å². The zero-order valence-corrected chi connectivity index (χ0v) is 15.5. The summed E-state index contributed by atoms with van der Waals surface area (Å²) in [7, 11) is 1.98. The molecule has 0 aliphatic carbocycles. The molecule has 7 heteroatoms. The maximum Gasteiger partial charge on any atom is 0.194 e. The third-order valence-electron chi connectivity index (χ3n) is 5.32. The molecule has 1 aromatic rings. The van der Waals surface area contributed by atoms with Gasteiger partial charge in [0.2, 0.25) is 0 Å². The van der Waals surface area contributed by atoms with Crippen molar-refractivity contribution in [2.24, 2.45) is 17.5 Å². The maximum absolute atomic E-state index is 5.80. The number of piperidine rings is 1. The number of nitrogens with one attached hydrogen (secondary N) is 1. The average molecular weight is 346 g/mol. The molecule has 2 saturated heterocycles. The molecule has 2 aliphatic rings. The third kappa shape index (κ3) is 4.21. The molecule has 2 fully saturated rings. The number of aromatic nitrogens is 3. The van der Waals surface area contributed by atoms with Crippen molar-refractivity contribution in [1.82, 2.24) is 25.0 Å². The van der Waals surface area contributed by atoms with Gasteiger partial charge in [0.25, 0.3) is 0 Å². The van der Waals surface area contributed by atoms with Gasteiger partial charge < -0.3 is 19.5 Å². The van der Waals surface area contributed by atoms with Crippen LogP contribution in [0.5, 0.6) is 0 Å². The van der Waals surface area contributed by atoms with Gasteiger partial charge in [0.1, 0.15) is 12.4 Å². The second-order valence-electron chi connectivity index (χ2n) is 7.21. The minimum atomic E-state index is 0.286. The van der Waals surface area contributed by atoms with Crippen LogP contribution in [0, 0.1) is 12.3 Å². The molecule has 1 atom stereocenters. The smallest absolute Gasteiger partial charge is 0.194 e. The molecule has 0 amide bonds. The maximum atomic E-state index is 5.80. The Bertz CT molecular complexity index is 612. The molecule has 25 heavy (non-hydrogen) atoms. The van der Waals surface area contributed by atoms with Crippen molar-refractivity contribution in [2.45, 2.75) is 39.2 Å². The molecule has 0 radical (unpaired) electrons. The number of hydrogen-bond acceptors (Lipinski definition) is 4. The van der Waals surface area contributed by atoms with Crippen molar-refractivity contribution in [3.05, 3.63) is 24.3 Å². The number of ether oxygens (including phenoxy) is 1. The van der Waals surface area contributed by atoms with Gasteiger partial charge in [0.15, 0.2) is 11.8 Å². The van der Waals surface area contributed by atoms with Crippen LogP contribution < -0.4 is 5.32 Å². The fourth-order valence-electron chi connectivity index (χ4n) is 3.79. The lowest BCUT2D eigenvalue weighted by atomic mass is 9.76. The Morgan fingerprint density at radius 1 is 1.40 bits per heavy atom. The van der Waals surface area contributed by atoms with Gasteiger partial charge >= 0.3 is 0 Å². The predicted octanol–water partition coefficient (Wildman–Crippen LogP) is 1.65. The Labute approximate surface area is 150 Å². The first-order chi connectivity index (χ1) is 12.1. The van der Waals surface area contributed by atoms with Gasteiger partial charge in [-0.25, -0.2) is 4.99 Å². The van der Waals surface area contributed by atoms with Gasteiger partial charge in [-0.1, -0.05) is 6.08 Å². The lowest BCUT2D eigenvalue weighted by molar-refractivity contribution is -0.0370. The van der Waals surface area contributed by atoms with Gasteiger partial charge in [-0.15, -0.1) is 16.8 Å². The number of hydrogen-bond donors (Lipinski definition) is 1. The summed E-state index contributed by atoms with van der Waals surface area (Å²) in [5.41, 5.74) is 0.286. The van der Waals surface area contributed by atoms with Crippen LogP contribution in [0.2, 0.25) is 0 Å². The first kappa shape index (κ1) is 17.9. The van der Waals surface area contributed by atoms with Crippen molar-refractivity contribution < 1.29 is 4.74 Å². The molecule has 0 saturated carbocycles. The normalized spacial score (nSPS) is 24.6. The SMILES string of the molecule is C=CCNC(=NCc1nnc(C)n1C)N1CCCC2(CCCOC2)C1. The highest BCUT2D eigenvalue weighted by atomic mass is 16.5. The van der Waals surface area contributed by atoms with Gasteiger partial charge in [-0.2, -0.15) is 0 Å². The molecular formula is C18H30N6O. The first-order valence-corrected chi connectivity index (χ1v) is 9.20. The predicted molar refractivity (Wildman–Crippen MR) is 98.4 cm³/mol. The molecule has 7 nitrogen and oxygen atoms in total. The van der Waals surface area contributed by atoms with E-state index in [0.29, 0.717) is 13.1 Å². The molecular weight excluding hydrogens is 316 g/mol. The van der Waals surface area contributed by atoms with Crippen molar-refractivity contribution in [3.63, 3.8) is 0 Å². The van der Waals surface area contributed by atoms with Crippen molar-refractivity contribution in [3.8, 4) is 0 Å². The van der Waals surface area contributed by atoms with E-state index in [2.05, 4.69) is 27.0 Å². The second kappa shape index (κ2) is 7.99. The van der Waals surface area contributed by atoms with E-state index in [4.69, 9.17) is 9.73 Å². The highest BCUT2D eigenvalue weighted by Crippen LogP contribution is 2.37. The molecule has 138 valence electrons. The summed E-state index contributed by atoms with van der Waals surface area (Å²) in [5, 5.41) is 11.7. The van der Waals surface area contributed by atoms with E-state index in [9.17, 15) is 0 Å². The average Bonchev–Trinajstić information content (AvgIpc) is 2.94. The molecule has 0 aromatic carbocycles. The Kier molecular flexibility index (Phi) is 5.73. The summed E-state index contributed by atoms with van der Waals surface area (Å²) in [6.45, 7) is 10.8. The molecule has 1 unspecified atom stereocenters. The Morgan fingerprint density at radius 3 is 2.92 bits per heavy atom. The quantitative estimate of drug-likeness (QED) is 0.510. The van der Waals surface area contributed by atoms with Gasteiger partial charge in [-0.3, -0.25) is 0 Å². The van der Waals surface area contributed by atoms with Crippen LogP contribution in [0.4, 0.5) is 0 Å². The van der Waals surface area contributed by atoms with Crippen LogP contribution in [0.25, 0.3) is 0 Å². The molecule has 3 rings (SSSR count). The lowest BCUT2D eigenvalue weighted by Gasteiger charge is -2.45. The van der Waals surface area contributed by atoms with Crippen molar-refractivity contribution in [2.75, 3.05) is 32.8 Å². The third-order valence-corrected chi connectivity index (χ3v) is 5.32. The summed E-state index contributed by atoms with van der Waals surface area (Å²) in [5.74, 6) is 2.72. The van der Waals surface area contributed by atoms with Gasteiger partial charge in [-0.05, 0) is 32.6 Å². The highest BCUT2D eigenvalue weighted by Gasteiger charge is 2.38. The number of aliphatic imine (C=N–C) groups is 1. The second-order valence-corrected chi connectivity index (χ2v) is 7.21. The van der Waals surface area contributed by atoms with Crippen LogP contribution in [0.1, 0.15) is 37.3 Å². The minimum absolute atomic E-state index is 0.286. The molecule has 3 heterocycles. The number of guanidine groups is 1. The fourth-order valence-corrected chi connectivity index (χ4v) is 3.79. The van der Waals surface area contributed by atoms with E-state index >= 15 is 0 Å². The lowest BCUT2D eigenvalue weighted by Crippen LogP contribution is -2.53. The molecule has 1 aromatic heterocycles. The van der Waals surface area contributed by atoms with E-state index in [1.165, 1.54) is 25.7 Å². The monoisotopic (exact) mass is 346 g/mol. The number of likely N-dealkylation sites (tertiary alicyclic amines) is 1. The van der Waals surface area contributed by atoms with Crippen LogP contribution >= 0.6 is 0 Å². The summed E-state index contributed by atoms with van der Waals surface area (Å²) in [4.78, 5) is 7.21. The van der Waals surface area contributed by atoms with Crippen molar-refractivity contribution in [1.29, 1.82) is 0 Å². The van der Waals surface area contributed by atoms with E-state index in [1.807, 2.05) is 24.6 Å². The van der Waals surface area contributed by atoms with E-state index < -0.39 is 0 Å². The van der Waals surface area contributed by atoms with E-state index in [1.54, 1.807) is 0 Å². The molecule has 1 N–H and O–H groups in total. The summed E-state index contributed by atoms with van der Waals surface area (Å²) >= 11 is 0. The van der Waals surface area contributed by atoms with Gasteiger partial charge in [0.05, 0.1) is 6.61 Å². The molecule has 1 spiro atoms. The van der Waals surface area contributed by atoms with Crippen LogP contribution in [-0.2, 0) is 18.3 Å². The van der Waals surface area contributed by atoms with E-state index in [0.717, 1.165) is 43.9 Å². The molecule has 0 bridgehead atoms. The fraction of sp³-hybridized carbons (Fsp3) is 0.722. The first-order valence-electron chi connectivity index (χ1n) is 9.20. The standard InChI is InChI=1S/C18H30N6O/c1-4-9-19-17(20-12-16-22-21-15(2)23(16)3)24-10-5-7-18(13-24)8-6-11-25-14-18/h4H,1,5-14H2,2-3H3,(H,19,20). The Balaban J connectivity index is 1.73. The number of rotatable bonds is 4. The zero-order valence-electron chi connectivity index (χ0n) is 15.5. The number of aryl methyl sites for hydroxylation is 1. The number of nitrogens with zero attached hydrogens (tertiary/aromatic N) is 5. The minimum Gasteiger partial charge on any atom is -0.381 e. The summed E-state index contributed by atoms with van der Waals surface area (Å²) < 4.78 is 7.78. The van der Waals surface area contributed by atoms with Gasteiger partial charge in [0, 0.05) is 38.7 Å². The van der Waals surface area contributed by atoms with Crippen LogP contribution in [0.15, 0.2) is 17.6 Å². The van der Waals surface area contributed by atoms with Crippen LogP contribution in [-0.4, -0.2) is 58.5 Å². The molecule has 2 aliphatic heterocycles.